The fourth-order valence-electron chi connectivity index (χ4n) is 4.01. The van der Waals surface area contributed by atoms with Crippen molar-refractivity contribution in [2.75, 3.05) is 46.6 Å². The molecule has 8 nitrogen and oxygen atoms in total. The summed E-state index contributed by atoms with van der Waals surface area (Å²) in [6, 6.07) is 11.6. The van der Waals surface area contributed by atoms with Gasteiger partial charge in [0, 0.05) is 38.6 Å². The molecule has 1 atom stereocenters. The van der Waals surface area contributed by atoms with E-state index < -0.39 is 5.60 Å². The van der Waals surface area contributed by atoms with Gasteiger partial charge < -0.3 is 28.6 Å². The van der Waals surface area contributed by atoms with Crippen LogP contribution in [0.15, 0.2) is 61.2 Å². The third-order valence-corrected chi connectivity index (χ3v) is 5.77. The summed E-state index contributed by atoms with van der Waals surface area (Å²) in [5, 5.41) is 11.2. The first-order valence-electron chi connectivity index (χ1n) is 11.7. The number of halogens is 1. The molecule has 0 amide bonds. The number of hydrogen-bond donors (Lipinski definition) is 1. The summed E-state index contributed by atoms with van der Waals surface area (Å²) in [6.07, 6.45) is 6.32. The Labute approximate surface area is 204 Å². The van der Waals surface area contributed by atoms with Crippen LogP contribution in [0, 0.1) is 5.82 Å². The minimum absolute atomic E-state index is 0.0447. The lowest BCUT2D eigenvalue weighted by Gasteiger charge is -2.30. The van der Waals surface area contributed by atoms with Gasteiger partial charge in [0.05, 0.1) is 33.3 Å². The standard InChI is InChI=1S/C26H32FN3O5/c1-32-24-8-3-21(15-25(24)34-13-2-10-29-11-9-28-20-29)16-30-12-14-33-18-26(31,17-30)19-35-23-6-4-22(27)5-7-23/h3-9,11,15,20,31H,2,10,12-14,16-19H2,1H3. The Hall–Kier alpha value is -3.14. The normalized spacial score (nSPS) is 18.7. The summed E-state index contributed by atoms with van der Waals surface area (Å²) in [7, 11) is 1.63. The molecule has 4 rings (SSSR count). The summed E-state index contributed by atoms with van der Waals surface area (Å²) in [5.41, 5.74) is -0.150. The number of rotatable bonds is 11. The number of imidazole rings is 1. The number of aromatic nitrogens is 2. The first kappa shape index (κ1) is 25.0. The summed E-state index contributed by atoms with van der Waals surface area (Å²) < 4.78 is 38.0. The van der Waals surface area contributed by atoms with Crippen molar-refractivity contribution < 1.29 is 28.4 Å². The van der Waals surface area contributed by atoms with E-state index in [1.54, 1.807) is 31.8 Å². The SMILES string of the molecule is COc1ccc(CN2CCOCC(O)(COc3ccc(F)cc3)C2)cc1OCCCn1ccnc1. The molecular formula is C26H32FN3O5. The number of aliphatic hydroxyl groups is 1. The lowest BCUT2D eigenvalue weighted by atomic mass is 10.1. The Morgan fingerprint density at radius 2 is 2.00 bits per heavy atom. The van der Waals surface area contributed by atoms with E-state index in [2.05, 4.69) is 9.88 Å². The van der Waals surface area contributed by atoms with E-state index in [0.717, 1.165) is 18.5 Å². The van der Waals surface area contributed by atoms with Crippen LogP contribution in [-0.4, -0.2) is 71.8 Å². The van der Waals surface area contributed by atoms with E-state index in [1.165, 1.54) is 12.1 Å². The summed E-state index contributed by atoms with van der Waals surface area (Å²) in [4.78, 5) is 6.18. The van der Waals surface area contributed by atoms with Crippen LogP contribution in [0.25, 0.3) is 0 Å². The zero-order chi connectivity index (χ0) is 24.5. The highest BCUT2D eigenvalue weighted by molar-refractivity contribution is 5.43. The molecule has 2 heterocycles. The second-order valence-electron chi connectivity index (χ2n) is 8.72. The largest absolute Gasteiger partial charge is 0.493 e. The minimum atomic E-state index is -1.19. The van der Waals surface area contributed by atoms with Crippen LogP contribution < -0.4 is 14.2 Å². The van der Waals surface area contributed by atoms with Gasteiger partial charge in [-0.15, -0.1) is 0 Å². The molecule has 1 unspecified atom stereocenters. The monoisotopic (exact) mass is 485 g/mol. The Bertz CT molecular complexity index is 1050. The van der Waals surface area contributed by atoms with Crippen LogP contribution >= 0.6 is 0 Å². The van der Waals surface area contributed by atoms with Crippen LogP contribution in [0.5, 0.6) is 17.2 Å². The predicted octanol–water partition coefficient (Wildman–Crippen LogP) is 3.14. The number of ether oxygens (including phenoxy) is 4. The maximum Gasteiger partial charge on any atom is 0.161 e. The smallest absolute Gasteiger partial charge is 0.161 e. The molecule has 0 saturated carbocycles. The minimum Gasteiger partial charge on any atom is -0.493 e. The molecule has 188 valence electrons. The van der Waals surface area contributed by atoms with Gasteiger partial charge in [-0.1, -0.05) is 6.07 Å². The fourth-order valence-corrected chi connectivity index (χ4v) is 4.01. The van der Waals surface area contributed by atoms with Crippen molar-refractivity contribution in [2.45, 2.75) is 25.1 Å². The molecule has 1 saturated heterocycles. The third kappa shape index (κ3) is 7.42. The molecule has 2 aromatic carbocycles. The molecule has 0 radical (unpaired) electrons. The lowest BCUT2D eigenvalue weighted by Crippen LogP contribution is -2.48. The fraction of sp³-hybridized carbons (Fsp3) is 0.423. The van der Waals surface area contributed by atoms with Crippen LogP contribution in [0.2, 0.25) is 0 Å². The highest BCUT2D eigenvalue weighted by Gasteiger charge is 2.33. The van der Waals surface area contributed by atoms with Gasteiger partial charge in [-0.05, 0) is 48.4 Å². The maximum atomic E-state index is 13.1. The van der Waals surface area contributed by atoms with Gasteiger partial charge in [0.15, 0.2) is 11.5 Å². The van der Waals surface area contributed by atoms with E-state index in [9.17, 15) is 9.50 Å². The average molecular weight is 486 g/mol. The number of benzene rings is 2. The molecule has 1 aliphatic heterocycles. The lowest BCUT2D eigenvalue weighted by molar-refractivity contribution is -0.0646. The highest BCUT2D eigenvalue weighted by Crippen LogP contribution is 2.29. The number of methoxy groups -OCH3 is 1. The average Bonchev–Trinajstić information content (AvgIpc) is 3.31. The number of nitrogens with zero attached hydrogens (tertiary/aromatic N) is 3. The van der Waals surface area contributed by atoms with Gasteiger partial charge >= 0.3 is 0 Å². The van der Waals surface area contributed by atoms with Crippen molar-refractivity contribution in [1.29, 1.82) is 0 Å². The molecule has 0 bridgehead atoms. The molecule has 3 aromatic rings. The zero-order valence-corrected chi connectivity index (χ0v) is 19.9. The van der Waals surface area contributed by atoms with Crippen molar-refractivity contribution >= 4 is 0 Å². The summed E-state index contributed by atoms with van der Waals surface area (Å²) >= 11 is 0. The predicted molar refractivity (Wildman–Crippen MR) is 128 cm³/mol. The van der Waals surface area contributed by atoms with Gasteiger partial charge in [0.25, 0.3) is 0 Å². The molecule has 9 heteroatoms. The maximum absolute atomic E-state index is 13.1. The van der Waals surface area contributed by atoms with Crippen LogP contribution in [0.3, 0.4) is 0 Å². The Morgan fingerprint density at radius 3 is 2.77 bits per heavy atom. The van der Waals surface area contributed by atoms with Gasteiger partial charge in [-0.25, -0.2) is 9.37 Å². The quantitative estimate of drug-likeness (QED) is 0.418. The number of β-amino-alcohol motifs (C(OH)–C–C–N with tert-alkyl or cyclic N) is 1. The van der Waals surface area contributed by atoms with Crippen LogP contribution in [-0.2, 0) is 17.8 Å². The van der Waals surface area contributed by atoms with E-state index in [4.69, 9.17) is 18.9 Å². The summed E-state index contributed by atoms with van der Waals surface area (Å²) in [6.45, 7) is 3.75. The van der Waals surface area contributed by atoms with Crippen molar-refractivity contribution in [3.63, 3.8) is 0 Å². The zero-order valence-electron chi connectivity index (χ0n) is 19.9. The third-order valence-electron chi connectivity index (χ3n) is 5.77. The van der Waals surface area contributed by atoms with Crippen molar-refractivity contribution in [3.8, 4) is 17.2 Å². The van der Waals surface area contributed by atoms with Gasteiger partial charge in [0.1, 0.15) is 23.8 Å². The second-order valence-corrected chi connectivity index (χ2v) is 8.72. The number of aryl methyl sites for hydroxylation is 1. The van der Waals surface area contributed by atoms with Gasteiger partial charge in [-0.2, -0.15) is 0 Å². The first-order valence-corrected chi connectivity index (χ1v) is 11.7. The Morgan fingerprint density at radius 1 is 1.14 bits per heavy atom. The van der Waals surface area contributed by atoms with Crippen molar-refractivity contribution in [3.05, 3.63) is 72.6 Å². The number of hydrogen-bond acceptors (Lipinski definition) is 7. The highest BCUT2D eigenvalue weighted by atomic mass is 19.1. The Balaban J connectivity index is 1.34. The molecule has 1 fully saturated rings. The van der Waals surface area contributed by atoms with Gasteiger partial charge in [0.2, 0.25) is 0 Å². The molecular weight excluding hydrogens is 453 g/mol. The van der Waals surface area contributed by atoms with Crippen LogP contribution in [0.4, 0.5) is 4.39 Å². The van der Waals surface area contributed by atoms with E-state index in [0.29, 0.717) is 50.1 Å². The molecule has 1 aliphatic rings. The molecule has 35 heavy (non-hydrogen) atoms. The van der Waals surface area contributed by atoms with E-state index in [-0.39, 0.29) is 19.0 Å². The second kappa shape index (κ2) is 12.0. The first-order chi connectivity index (χ1) is 17.0. The topological polar surface area (TPSA) is 78.2 Å². The van der Waals surface area contributed by atoms with Crippen molar-refractivity contribution in [2.24, 2.45) is 0 Å². The molecule has 0 spiro atoms. The van der Waals surface area contributed by atoms with Gasteiger partial charge in [-0.3, -0.25) is 4.90 Å². The van der Waals surface area contributed by atoms with E-state index in [1.807, 2.05) is 29.0 Å². The van der Waals surface area contributed by atoms with Crippen molar-refractivity contribution in [1.82, 2.24) is 14.5 Å². The molecule has 0 aliphatic carbocycles. The molecule has 1 aromatic heterocycles. The Kier molecular flexibility index (Phi) is 8.57. The summed E-state index contributed by atoms with van der Waals surface area (Å²) in [5.74, 6) is 1.54. The molecule has 1 N–H and O–H groups in total. The van der Waals surface area contributed by atoms with Crippen LogP contribution in [0.1, 0.15) is 12.0 Å². The van der Waals surface area contributed by atoms with E-state index >= 15 is 0 Å².